The molecule has 1 aliphatic carbocycles. The third-order valence-corrected chi connectivity index (χ3v) is 6.28. The molecule has 3 aromatic rings. The van der Waals surface area contributed by atoms with Crippen molar-refractivity contribution in [3.63, 3.8) is 0 Å². The largest absolute Gasteiger partial charge is 0.497 e. The average Bonchev–Trinajstić information content (AvgIpc) is 3.20. The Morgan fingerprint density at radius 1 is 0.686 bits per heavy atom. The van der Waals surface area contributed by atoms with E-state index in [1.807, 2.05) is 30.3 Å². The van der Waals surface area contributed by atoms with Gasteiger partial charge in [0.2, 0.25) is 0 Å². The summed E-state index contributed by atoms with van der Waals surface area (Å²) in [5, 5.41) is 21.3. The van der Waals surface area contributed by atoms with E-state index in [1.165, 1.54) is 21.3 Å². The average molecular weight is 469 g/mol. The smallest absolute Gasteiger partial charge is 0.161 e. The normalized spacial score (nSPS) is 16.1. The van der Waals surface area contributed by atoms with Crippen molar-refractivity contribution in [3.8, 4) is 40.9 Å². The number of methoxy groups -OCH3 is 5. The summed E-state index contributed by atoms with van der Waals surface area (Å²) in [6, 6.07) is 21.0. The highest BCUT2D eigenvalue weighted by Gasteiger charge is 2.49. The van der Waals surface area contributed by atoms with Gasteiger partial charge >= 0.3 is 0 Å². The Morgan fingerprint density at radius 2 is 1.34 bits per heavy atom. The van der Waals surface area contributed by atoms with Crippen molar-refractivity contribution in [3.05, 3.63) is 76.9 Å². The van der Waals surface area contributed by atoms with Gasteiger partial charge in [0, 0.05) is 11.1 Å². The van der Waals surface area contributed by atoms with Crippen molar-refractivity contribution in [2.24, 2.45) is 0 Å². The molecule has 35 heavy (non-hydrogen) atoms. The predicted molar refractivity (Wildman–Crippen MR) is 131 cm³/mol. The van der Waals surface area contributed by atoms with Crippen molar-refractivity contribution >= 4 is 11.1 Å². The minimum absolute atomic E-state index is 0.366. The van der Waals surface area contributed by atoms with Gasteiger partial charge < -0.3 is 23.7 Å². The van der Waals surface area contributed by atoms with E-state index in [1.54, 1.807) is 38.5 Å². The lowest BCUT2D eigenvalue weighted by atomic mass is 9.70. The van der Waals surface area contributed by atoms with Crippen LogP contribution in [0.5, 0.6) is 28.7 Å². The summed E-state index contributed by atoms with van der Waals surface area (Å²) in [6.07, 6.45) is 0. The number of fused-ring (bicyclic) bond motifs is 1. The van der Waals surface area contributed by atoms with Gasteiger partial charge in [0.1, 0.15) is 17.2 Å². The van der Waals surface area contributed by atoms with Gasteiger partial charge in [0.25, 0.3) is 0 Å². The lowest BCUT2D eigenvalue weighted by Crippen LogP contribution is -2.26. The van der Waals surface area contributed by atoms with Crippen LogP contribution in [0.1, 0.15) is 22.3 Å². The fourth-order valence-electron chi connectivity index (χ4n) is 4.66. The second-order valence-corrected chi connectivity index (χ2v) is 7.78. The van der Waals surface area contributed by atoms with E-state index in [0.29, 0.717) is 62.1 Å². The Morgan fingerprint density at radius 3 is 1.94 bits per heavy atom. The molecule has 0 saturated heterocycles. The Bertz CT molecular complexity index is 1410. The molecule has 0 fully saturated rings. The predicted octanol–water partition coefficient (Wildman–Crippen LogP) is 4.99. The molecule has 4 rings (SSSR count). The van der Waals surface area contributed by atoms with Crippen LogP contribution in [0.4, 0.5) is 0 Å². The molecule has 1 aliphatic rings. The number of nitrogens with zero attached hydrogens (tertiary/aromatic N) is 2. The molecular formula is C28H24N2O5. The summed E-state index contributed by atoms with van der Waals surface area (Å²) in [4.78, 5) is 0. The zero-order chi connectivity index (χ0) is 25.2. The third-order valence-electron chi connectivity index (χ3n) is 6.28. The van der Waals surface area contributed by atoms with Crippen LogP contribution in [0, 0.1) is 22.7 Å². The fourth-order valence-corrected chi connectivity index (χ4v) is 4.66. The molecule has 0 radical (unpaired) electrons. The van der Waals surface area contributed by atoms with Crippen LogP contribution < -0.4 is 23.7 Å². The Hall–Kier alpha value is -4.62. The van der Waals surface area contributed by atoms with E-state index in [4.69, 9.17) is 23.7 Å². The monoisotopic (exact) mass is 468 g/mol. The standard InChI is InChI=1S/C28H24N2O5/c1-31-19-8-6-7-17(11-19)27-21(15-29)20-13-25(34-4)26(35-5)14-22(20)28(27,16-30)18-9-10-23(32-2)24(12-18)33-3/h6-14H,1-5H3. The maximum Gasteiger partial charge on any atom is 0.161 e. The number of benzene rings is 3. The molecule has 1 atom stereocenters. The molecule has 1 unspecified atom stereocenters. The maximum atomic E-state index is 10.9. The molecule has 7 heteroatoms. The molecule has 0 bridgehead atoms. The van der Waals surface area contributed by atoms with E-state index >= 15 is 0 Å². The van der Waals surface area contributed by atoms with Gasteiger partial charge in [-0.1, -0.05) is 18.2 Å². The Kier molecular flexibility index (Phi) is 6.27. The molecule has 0 aliphatic heterocycles. The highest BCUT2D eigenvalue weighted by Crippen LogP contribution is 2.57. The van der Waals surface area contributed by atoms with Crippen LogP contribution in [0.2, 0.25) is 0 Å². The first-order valence-corrected chi connectivity index (χ1v) is 10.7. The molecule has 176 valence electrons. The van der Waals surface area contributed by atoms with Crippen molar-refractivity contribution in [2.45, 2.75) is 5.41 Å². The van der Waals surface area contributed by atoms with Crippen molar-refractivity contribution in [1.82, 2.24) is 0 Å². The minimum Gasteiger partial charge on any atom is -0.497 e. The number of nitriles is 2. The van der Waals surface area contributed by atoms with Gasteiger partial charge in [0.15, 0.2) is 23.0 Å². The SMILES string of the molecule is COc1cccc(C2=C(C#N)c3cc(OC)c(OC)cc3C2(C#N)c2ccc(OC)c(OC)c2)c1. The molecular weight excluding hydrogens is 444 g/mol. The van der Waals surface area contributed by atoms with Gasteiger partial charge in [-0.2, -0.15) is 10.5 Å². The van der Waals surface area contributed by atoms with Crippen LogP contribution in [0.15, 0.2) is 54.6 Å². The minimum atomic E-state index is -1.36. The molecule has 7 nitrogen and oxygen atoms in total. The van der Waals surface area contributed by atoms with Gasteiger partial charge in [-0.05, 0) is 53.1 Å². The van der Waals surface area contributed by atoms with Crippen molar-refractivity contribution in [1.29, 1.82) is 10.5 Å². The van der Waals surface area contributed by atoms with Gasteiger partial charge in [-0.3, -0.25) is 0 Å². The van der Waals surface area contributed by atoms with E-state index < -0.39 is 5.41 Å². The Labute approximate surface area is 204 Å². The van der Waals surface area contributed by atoms with Crippen molar-refractivity contribution in [2.75, 3.05) is 35.5 Å². The summed E-state index contributed by atoms with van der Waals surface area (Å²) in [5.41, 5.74) is 2.06. The fraction of sp³-hybridized carbons (Fsp3) is 0.214. The summed E-state index contributed by atoms with van der Waals surface area (Å²) in [7, 11) is 7.73. The molecule has 0 spiro atoms. The molecule has 0 heterocycles. The molecule has 0 saturated carbocycles. The second-order valence-electron chi connectivity index (χ2n) is 7.78. The van der Waals surface area contributed by atoms with Crippen LogP contribution >= 0.6 is 0 Å². The zero-order valence-electron chi connectivity index (χ0n) is 20.1. The van der Waals surface area contributed by atoms with Gasteiger partial charge in [-0.25, -0.2) is 0 Å². The topological polar surface area (TPSA) is 93.7 Å². The highest BCUT2D eigenvalue weighted by atomic mass is 16.5. The molecule has 3 aromatic carbocycles. The van der Waals surface area contributed by atoms with E-state index in [2.05, 4.69) is 12.1 Å². The number of ether oxygens (including phenoxy) is 5. The van der Waals surface area contributed by atoms with Crippen LogP contribution in [0.25, 0.3) is 11.1 Å². The van der Waals surface area contributed by atoms with E-state index in [0.717, 1.165) is 0 Å². The van der Waals surface area contributed by atoms with Crippen LogP contribution in [-0.4, -0.2) is 35.5 Å². The number of hydrogen-bond acceptors (Lipinski definition) is 7. The summed E-state index contributed by atoms with van der Waals surface area (Å²) in [6.45, 7) is 0. The van der Waals surface area contributed by atoms with Crippen LogP contribution in [0.3, 0.4) is 0 Å². The molecule has 0 aromatic heterocycles. The molecule has 0 N–H and O–H groups in total. The van der Waals surface area contributed by atoms with E-state index in [-0.39, 0.29) is 0 Å². The quantitative estimate of drug-likeness (QED) is 0.482. The number of rotatable bonds is 7. The number of hydrogen-bond donors (Lipinski definition) is 0. The first-order chi connectivity index (χ1) is 17.0. The lowest BCUT2D eigenvalue weighted by molar-refractivity contribution is 0.353. The van der Waals surface area contributed by atoms with Gasteiger partial charge in [-0.15, -0.1) is 0 Å². The van der Waals surface area contributed by atoms with Crippen LogP contribution in [-0.2, 0) is 5.41 Å². The highest BCUT2D eigenvalue weighted by molar-refractivity contribution is 6.10. The zero-order valence-corrected chi connectivity index (χ0v) is 20.1. The maximum absolute atomic E-state index is 10.9. The summed E-state index contributed by atoms with van der Waals surface area (Å²) in [5.74, 6) is 2.53. The first-order valence-electron chi connectivity index (χ1n) is 10.7. The van der Waals surface area contributed by atoms with Gasteiger partial charge in [0.05, 0.1) is 47.2 Å². The lowest BCUT2D eigenvalue weighted by Gasteiger charge is -2.29. The second kappa shape index (κ2) is 9.32. The molecule has 0 amide bonds. The number of allylic oxidation sites excluding steroid dienone is 2. The Balaban J connectivity index is 2.16. The first kappa shape index (κ1) is 23.5. The summed E-state index contributed by atoms with van der Waals surface area (Å²) >= 11 is 0. The van der Waals surface area contributed by atoms with E-state index in [9.17, 15) is 10.5 Å². The summed E-state index contributed by atoms with van der Waals surface area (Å²) < 4.78 is 27.5. The van der Waals surface area contributed by atoms with Crippen molar-refractivity contribution < 1.29 is 23.7 Å². The third kappa shape index (κ3) is 3.50.